The van der Waals surface area contributed by atoms with E-state index >= 15 is 0 Å². The number of nitrogen functional groups attached to an aromatic ring is 1. The molecule has 1 aromatic rings. The van der Waals surface area contributed by atoms with Crippen LogP contribution < -0.4 is 10.6 Å². The minimum atomic E-state index is -0.0290. The topological polar surface area (TPSA) is 46.3 Å². The Balaban J connectivity index is 2.51. The number of alkyl halides is 1. The van der Waals surface area contributed by atoms with Gasteiger partial charge in [0, 0.05) is 10.6 Å². The standard InChI is InChI=1S/C10H11BrN2OS/c1-6-10(14)13(5-11)8-4-7(12)2-3-9(8)15-6/h2-4,6H,5,12H2,1H3. The summed E-state index contributed by atoms with van der Waals surface area (Å²) in [5.74, 6) is 0.120. The van der Waals surface area contributed by atoms with Gasteiger partial charge >= 0.3 is 0 Å². The SMILES string of the molecule is CC1Sc2ccc(N)cc2N(CBr)C1=O. The molecule has 1 aliphatic rings. The van der Waals surface area contributed by atoms with Gasteiger partial charge in [0.2, 0.25) is 5.91 Å². The van der Waals surface area contributed by atoms with Crippen LogP contribution in [0.2, 0.25) is 0 Å². The predicted octanol–water partition coefficient (Wildman–Crippen LogP) is 2.45. The molecule has 0 fully saturated rings. The Kier molecular flexibility index (Phi) is 2.93. The number of thioether (sulfide) groups is 1. The number of carbonyl (C=O) groups excluding carboxylic acids is 1. The van der Waals surface area contributed by atoms with Gasteiger partial charge in [-0.1, -0.05) is 15.9 Å². The third-order valence-electron chi connectivity index (χ3n) is 2.31. The third-order valence-corrected chi connectivity index (χ3v) is 3.97. The van der Waals surface area contributed by atoms with E-state index < -0.39 is 0 Å². The molecule has 1 unspecified atom stereocenters. The van der Waals surface area contributed by atoms with Crippen molar-refractivity contribution < 1.29 is 4.79 Å². The van der Waals surface area contributed by atoms with Gasteiger partial charge in [-0.05, 0) is 25.1 Å². The average molecular weight is 287 g/mol. The molecule has 1 atom stereocenters. The molecular formula is C10H11BrN2OS. The van der Waals surface area contributed by atoms with E-state index in [-0.39, 0.29) is 11.2 Å². The lowest BCUT2D eigenvalue weighted by molar-refractivity contribution is -0.117. The van der Waals surface area contributed by atoms with Crippen LogP contribution in [0.4, 0.5) is 11.4 Å². The van der Waals surface area contributed by atoms with Crippen molar-refractivity contribution in [3.8, 4) is 0 Å². The first-order chi connectivity index (χ1) is 7.13. The Labute approximate surface area is 101 Å². The van der Waals surface area contributed by atoms with Crippen molar-refractivity contribution in [3.05, 3.63) is 18.2 Å². The molecule has 1 heterocycles. The van der Waals surface area contributed by atoms with E-state index in [0.717, 1.165) is 10.6 Å². The van der Waals surface area contributed by atoms with Crippen molar-refractivity contribution >= 4 is 45.0 Å². The van der Waals surface area contributed by atoms with E-state index in [2.05, 4.69) is 15.9 Å². The number of hydrogen-bond acceptors (Lipinski definition) is 3. The van der Waals surface area contributed by atoms with Gasteiger partial charge in [0.05, 0.1) is 16.4 Å². The molecule has 15 heavy (non-hydrogen) atoms. The molecule has 3 nitrogen and oxygen atoms in total. The Morgan fingerprint density at radius 1 is 1.60 bits per heavy atom. The fourth-order valence-corrected chi connectivity index (χ4v) is 3.11. The van der Waals surface area contributed by atoms with Gasteiger partial charge in [0.25, 0.3) is 0 Å². The highest BCUT2D eigenvalue weighted by molar-refractivity contribution is 9.09. The second kappa shape index (κ2) is 4.06. The van der Waals surface area contributed by atoms with Crippen molar-refractivity contribution in [2.75, 3.05) is 16.1 Å². The minimum Gasteiger partial charge on any atom is -0.399 e. The van der Waals surface area contributed by atoms with Crippen LogP contribution in [-0.4, -0.2) is 16.6 Å². The molecular weight excluding hydrogens is 276 g/mol. The first kappa shape index (κ1) is 10.8. The molecule has 1 aliphatic heterocycles. The van der Waals surface area contributed by atoms with E-state index in [9.17, 15) is 4.79 Å². The molecule has 0 saturated carbocycles. The number of nitrogens with zero attached hydrogens (tertiary/aromatic N) is 1. The molecule has 2 N–H and O–H groups in total. The molecule has 5 heteroatoms. The lowest BCUT2D eigenvalue weighted by Gasteiger charge is -2.30. The molecule has 0 radical (unpaired) electrons. The third kappa shape index (κ3) is 1.86. The summed E-state index contributed by atoms with van der Waals surface area (Å²) in [4.78, 5) is 14.7. The first-order valence-electron chi connectivity index (χ1n) is 4.57. The number of rotatable bonds is 1. The van der Waals surface area contributed by atoms with Crippen molar-refractivity contribution in [2.45, 2.75) is 17.1 Å². The van der Waals surface area contributed by atoms with Crippen LogP contribution in [-0.2, 0) is 4.79 Å². The van der Waals surface area contributed by atoms with E-state index in [1.54, 1.807) is 16.7 Å². The lowest BCUT2D eigenvalue weighted by atomic mass is 10.2. The highest BCUT2D eigenvalue weighted by Crippen LogP contribution is 2.40. The Morgan fingerprint density at radius 3 is 3.00 bits per heavy atom. The van der Waals surface area contributed by atoms with Crippen LogP contribution in [0.25, 0.3) is 0 Å². The number of benzene rings is 1. The Bertz CT molecular complexity index is 410. The lowest BCUT2D eigenvalue weighted by Crippen LogP contribution is -2.38. The van der Waals surface area contributed by atoms with Crippen LogP contribution in [0, 0.1) is 0 Å². The van der Waals surface area contributed by atoms with Crippen LogP contribution in [0.1, 0.15) is 6.92 Å². The number of carbonyl (C=O) groups is 1. The molecule has 0 aliphatic carbocycles. The number of hydrogen-bond donors (Lipinski definition) is 1. The van der Waals surface area contributed by atoms with Gasteiger partial charge in [-0.2, -0.15) is 0 Å². The van der Waals surface area contributed by atoms with Gasteiger partial charge in [-0.15, -0.1) is 11.8 Å². The highest BCUT2D eigenvalue weighted by Gasteiger charge is 2.29. The molecule has 1 aromatic carbocycles. The van der Waals surface area contributed by atoms with Crippen molar-refractivity contribution in [1.29, 1.82) is 0 Å². The summed E-state index contributed by atoms with van der Waals surface area (Å²) >= 11 is 4.91. The number of nitrogens with two attached hydrogens (primary N) is 1. The molecule has 80 valence electrons. The molecule has 0 aromatic heterocycles. The first-order valence-corrected chi connectivity index (χ1v) is 6.57. The molecule has 0 bridgehead atoms. The van der Waals surface area contributed by atoms with E-state index in [4.69, 9.17) is 5.73 Å². The number of anilines is 2. The van der Waals surface area contributed by atoms with E-state index in [1.807, 2.05) is 25.1 Å². The zero-order valence-corrected chi connectivity index (χ0v) is 10.6. The van der Waals surface area contributed by atoms with Crippen LogP contribution in [0.15, 0.2) is 23.1 Å². The molecule has 2 rings (SSSR count). The predicted molar refractivity (Wildman–Crippen MR) is 67.5 cm³/mol. The summed E-state index contributed by atoms with van der Waals surface area (Å²) in [5, 5.41) is -0.0290. The fraction of sp³-hybridized carbons (Fsp3) is 0.300. The van der Waals surface area contributed by atoms with Gasteiger partial charge in [-0.3, -0.25) is 9.69 Å². The largest absolute Gasteiger partial charge is 0.399 e. The van der Waals surface area contributed by atoms with Crippen molar-refractivity contribution in [3.63, 3.8) is 0 Å². The molecule has 0 saturated heterocycles. The van der Waals surface area contributed by atoms with Gasteiger partial charge < -0.3 is 5.73 Å². The van der Waals surface area contributed by atoms with Gasteiger partial charge in [-0.25, -0.2) is 0 Å². The fourth-order valence-electron chi connectivity index (χ4n) is 1.55. The maximum Gasteiger partial charge on any atom is 0.240 e. The summed E-state index contributed by atoms with van der Waals surface area (Å²) in [6, 6.07) is 5.67. The normalized spacial score (nSPS) is 20.3. The summed E-state index contributed by atoms with van der Waals surface area (Å²) in [6.07, 6.45) is 0. The Morgan fingerprint density at radius 2 is 2.33 bits per heavy atom. The number of halogens is 1. The van der Waals surface area contributed by atoms with Crippen molar-refractivity contribution in [1.82, 2.24) is 0 Å². The van der Waals surface area contributed by atoms with Crippen LogP contribution in [0.3, 0.4) is 0 Å². The van der Waals surface area contributed by atoms with Crippen LogP contribution in [0.5, 0.6) is 0 Å². The smallest absolute Gasteiger partial charge is 0.240 e. The Hall–Kier alpha value is -0.680. The zero-order valence-electron chi connectivity index (χ0n) is 8.24. The van der Waals surface area contributed by atoms with Gasteiger partial charge in [0.15, 0.2) is 0 Å². The zero-order chi connectivity index (χ0) is 11.0. The van der Waals surface area contributed by atoms with Gasteiger partial charge in [0.1, 0.15) is 0 Å². The van der Waals surface area contributed by atoms with E-state index in [1.165, 1.54) is 0 Å². The summed E-state index contributed by atoms with van der Waals surface area (Å²) < 4.78 is 0. The summed E-state index contributed by atoms with van der Waals surface area (Å²) in [5.41, 5.74) is 7.81. The second-order valence-corrected chi connectivity index (χ2v) is 5.26. The minimum absolute atomic E-state index is 0.0290. The average Bonchev–Trinajstić information content (AvgIpc) is 2.21. The van der Waals surface area contributed by atoms with Crippen LogP contribution >= 0.6 is 27.7 Å². The van der Waals surface area contributed by atoms with E-state index in [0.29, 0.717) is 11.1 Å². The maximum absolute atomic E-state index is 11.9. The van der Waals surface area contributed by atoms with Crippen molar-refractivity contribution in [2.24, 2.45) is 0 Å². The molecule has 1 amide bonds. The summed E-state index contributed by atoms with van der Waals surface area (Å²) in [6.45, 7) is 1.92. The molecule has 0 spiro atoms. The monoisotopic (exact) mass is 286 g/mol. The highest BCUT2D eigenvalue weighted by atomic mass is 79.9. The number of amides is 1. The second-order valence-electron chi connectivity index (χ2n) is 3.37. The number of fused-ring (bicyclic) bond motifs is 1. The quantitative estimate of drug-likeness (QED) is 0.490. The summed E-state index contributed by atoms with van der Waals surface area (Å²) in [7, 11) is 0. The maximum atomic E-state index is 11.9.